The quantitative estimate of drug-likeness (QED) is 0.371. The van der Waals surface area contributed by atoms with Gasteiger partial charge < -0.3 is 24.7 Å². The Morgan fingerprint density at radius 2 is 1.88 bits per heavy atom. The van der Waals surface area contributed by atoms with E-state index in [0.29, 0.717) is 24.5 Å². The Morgan fingerprint density at radius 3 is 2.47 bits per heavy atom. The SMILES string of the molecule is COC(=O)NC1(C(=O)NC(CC(C)C)C(=O)c2nnc(SCCN(C)C)o2)CCCCC1. The lowest BCUT2D eigenvalue weighted by molar-refractivity contribution is -0.129. The van der Waals surface area contributed by atoms with Crippen LogP contribution in [0, 0.1) is 5.92 Å². The lowest BCUT2D eigenvalue weighted by atomic mass is 9.80. The summed E-state index contributed by atoms with van der Waals surface area (Å²) in [5.74, 6) is -0.0555. The summed E-state index contributed by atoms with van der Waals surface area (Å²) in [7, 11) is 5.20. The summed E-state index contributed by atoms with van der Waals surface area (Å²) in [5.41, 5.74) is -1.09. The minimum Gasteiger partial charge on any atom is -0.453 e. The van der Waals surface area contributed by atoms with Crippen LogP contribution in [0.25, 0.3) is 0 Å². The van der Waals surface area contributed by atoms with E-state index in [4.69, 9.17) is 9.15 Å². The van der Waals surface area contributed by atoms with Crippen LogP contribution in [0.2, 0.25) is 0 Å². The first-order valence-electron chi connectivity index (χ1n) is 11.0. The van der Waals surface area contributed by atoms with E-state index in [1.54, 1.807) is 0 Å². The van der Waals surface area contributed by atoms with E-state index in [0.717, 1.165) is 31.6 Å². The third-order valence-electron chi connectivity index (χ3n) is 5.38. The molecule has 0 aromatic carbocycles. The van der Waals surface area contributed by atoms with Gasteiger partial charge >= 0.3 is 6.09 Å². The largest absolute Gasteiger partial charge is 0.453 e. The van der Waals surface area contributed by atoms with Crippen molar-refractivity contribution in [2.24, 2.45) is 5.92 Å². The number of carbonyl (C=O) groups excluding carboxylic acids is 3. The van der Waals surface area contributed by atoms with Crippen LogP contribution in [0.1, 0.15) is 63.1 Å². The maximum absolute atomic E-state index is 13.3. The molecule has 1 aromatic heterocycles. The van der Waals surface area contributed by atoms with E-state index >= 15 is 0 Å². The van der Waals surface area contributed by atoms with Crippen LogP contribution in [-0.4, -0.2) is 78.0 Å². The number of aromatic nitrogens is 2. The van der Waals surface area contributed by atoms with E-state index in [-0.39, 0.29) is 17.7 Å². The molecule has 0 bridgehead atoms. The van der Waals surface area contributed by atoms with Gasteiger partial charge in [0.05, 0.1) is 13.2 Å². The number of hydrogen-bond donors (Lipinski definition) is 2. The summed E-state index contributed by atoms with van der Waals surface area (Å²) in [6.07, 6.45) is 3.32. The molecule has 1 unspecified atom stereocenters. The highest BCUT2D eigenvalue weighted by atomic mass is 32.2. The summed E-state index contributed by atoms with van der Waals surface area (Å²) in [6, 6.07) is -0.833. The van der Waals surface area contributed by atoms with Crippen molar-refractivity contribution in [1.29, 1.82) is 0 Å². The lowest BCUT2D eigenvalue weighted by Crippen LogP contribution is -2.62. The predicted octanol–water partition coefficient (Wildman–Crippen LogP) is 2.50. The first kappa shape index (κ1) is 26.1. The number of rotatable bonds is 11. The molecule has 10 nitrogen and oxygen atoms in total. The predicted molar refractivity (Wildman–Crippen MR) is 121 cm³/mol. The Morgan fingerprint density at radius 1 is 1.19 bits per heavy atom. The molecule has 1 fully saturated rings. The summed E-state index contributed by atoms with van der Waals surface area (Å²) in [6.45, 7) is 4.76. The Kier molecular flexibility index (Phi) is 9.95. The second-order valence-electron chi connectivity index (χ2n) is 8.80. The van der Waals surface area contributed by atoms with Crippen molar-refractivity contribution in [2.75, 3.05) is 33.5 Å². The summed E-state index contributed by atoms with van der Waals surface area (Å²) in [4.78, 5) is 40.4. The Balaban J connectivity index is 2.14. The Hall–Kier alpha value is -2.14. The molecule has 0 spiro atoms. The van der Waals surface area contributed by atoms with Gasteiger partial charge in [-0.2, -0.15) is 0 Å². The number of amides is 2. The van der Waals surface area contributed by atoms with Crippen molar-refractivity contribution in [3.8, 4) is 0 Å². The zero-order valence-electron chi connectivity index (χ0n) is 19.6. The standard InChI is InChI=1S/C21H35N5O5S/c1-14(2)13-15(16(27)17-24-25-20(31-17)32-12-11-26(3)4)22-18(28)21(23-19(29)30-5)9-7-6-8-10-21/h14-15H,6-13H2,1-5H3,(H,22,28)(H,23,29). The molecule has 2 N–H and O–H groups in total. The molecule has 1 saturated carbocycles. The monoisotopic (exact) mass is 469 g/mol. The molecule has 1 heterocycles. The van der Waals surface area contributed by atoms with Crippen molar-refractivity contribution in [3.05, 3.63) is 5.89 Å². The number of nitrogens with one attached hydrogen (secondary N) is 2. The van der Waals surface area contributed by atoms with Gasteiger partial charge in [-0.25, -0.2) is 4.79 Å². The smallest absolute Gasteiger partial charge is 0.407 e. The first-order valence-corrected chi connectivity index (χ1v) is 12.0. The van der Waals surface area contributed by atoms with Gasteiger partial charge in [-0.05, 0) is 39.3 Å². The Labute approximate surface area is 193 Å². The fourth-order valence-corrected chi connectivity index (χ4v) is 4.51. The molecule has 1 aromatic rings. The van der Waals surface area contributed by atoms with E-state index < -0.39 is 23.5 Å². The van der Waals surface area contributed by atoms with Crippen LogP contribution in [0.15, 0.2) is 9.64 Å². The fourth-order valence-electron chi connectivity index (χ4n) is 3.64. The summed E-state index contributed by atoms with van der Waals surface area (Å²) < 4.78 is 10.3. The van der Waals surface area contributed by atoms with E-state index in [1.807, 2.05) is 32.8 Å². The van der Waals surface area contributed by atoms with E-state index in [2.05, 4.69) is 20.8 Å². The molecule has 0 aliphatic heterocycles. The number of nitrogens with zero attached hydrogens (tertiary/aromatic N) is 3. The van der Waals surface area contributed by atoms with E-state index in [1.165, 1.54) is 18.9 Å². The number of Topliss-reactive ketones (excluding diaryl/α,β-unsaturated/α-hetero) is 1. The highest BCUT2D eigenvalue weighted by Gasteiger charge is 2.43. The average molecular weight is 470 g/mol. The number of carbonyl (C=O) groups is 3. The van der Waals surface area contributed by atoms with Gasteiger partial charge in [-0.15, -0.1) is 10.2 Å². The van der Waals surface area contributed by atoms with Crippen LogP contribution in [0.5, 0.6) is 0 Å². The highest BCUT2D eigenvalue weighted by molar-refractivity contribution is 7.99. The molecule has 1 atom stereocenters. The maximum atomic E-state index is 13.3. The third kappa shape index (κ3) is 7.47. The van der Waals surface area contributed by atoms with Crippen LogP contribution < -0.4 is 10.6 Å². The second-order valence-corrected chi connectivity index (χ2v) is 9.85. The highest BCUT2D eigenvalue weighted by Crippen LogP contribution is 2.29. The number of ether oxygens (including phenoxy) is 1. The third-order valence-corrected chi connectivity index (χ3v) is 6.18. The zero-order valence-corrected chi connectivity index (χ0v) is 20.4. The molecular formula is C21H35N5O5S. The van der Waals surface area contributed by atoms with Gasteiger partial charge in [0.15, 0.2) is 0 Å². The van der Waals surface area contributed by atoms with Crippen molar-refractivity contribution >= 4 is 29.5 Å². The van der Waals surface area contributed by atoms with Crippen LogP contribution in [-0.2, 0) is 9.53 Å². The molecule has 2 rings (SSSR count). The number of hydrogen-bond acceptors (Lipinski definition) is 9. The minimum atomic E-state index is -1.09. The summed E-state index contributed by atoms with van der Waals surface area (Å²) >= 11 is 1.38. The Bertz CT molecular complexity index is 776. The maximum Gasteiger partial charge on any atom is 0.407 e. The molecule has 180 valence electrons. The second kappa shape index (κ2) is 12.2. The molecule has 11 heteroatoms. The van der Waals surface area contributed by atoms with Crippen LogP contribution in [0.3, 0.4) is 0 Å². The van der Waals surface area contributed by atoms with Crippen molar-refractivity contribution < 1.29 is 23.5 Å². The molecule has 1 aliphatic rings. The molecule has 32 heavy (non-hydrogen) atoms. The van der Waals surface area contributed by atoms with Crippen molar-refractivity contribution in [2.45, 2.75) is 69.2 Å². The van der Waals surface area contributed by atoms with Gasteiger partial charge in [0.2, 0.25) is 11.7 Å². The topological polar surface area (TPSA) is 127 Å². The normalized spacial score (nSPS) is 16.6. The zero-order chi connectivity index (χ0) is 23.7. The van der Waals surface area contributed by atoms with Gasteiger partial charge in [0.1, 0.15) is 5.54 Å². The fraction of sp³-hybridized carbons (Fsp3) is 0.762. The molecule has 0 saturated heterocycles. The number of ketones is 1. The van der Waals surface area contributed by atoms with Crippen LogP contribution >= 0.6 is 11.8 Å². The van der Waals surface area contributed by atoms with Gasteiger partial charge in [0, 0.05) is 12.3 Å². The van der Waals surface area contributed by atoms with Crippen molar-refractivity contribution in [1.82, 2.24) is 25.7 Å². The summed E-state index contributed by atoms with van der Waals surface area (Å²) in [5, 5.41) is 13.7. The molecule has 0 radical (unpaired) electrons. The van der Waals surface area contributed by atoms with Crippen LogP contribution in [0.4, 0.5) is 4.79 Å². The first-order chi connectivity index (χ1) is 15.2. The molecule has 2 amide bonds. The number of methoxy groups -OCH3 is 1. The average Bonchev–Trinajstić information content (AvgIpc) is 3.21. The molecular weight excluding hydrogens is 434 g/mol. The number of thioether (sulfide) groups is 1. The van der Waals surface area contributed by atoms with Crippen molar-refractivity contribution in [3.63, 3.8) is 0 Å². The number of alkyl carbamates (subject to hydrolysis) is 1. The minimum absolute atomic E-state index is 0.123. The van der Waals surface area contributed by atoms with E-state index in [9.17, 15) is 14.4 Å². The molecule has 1 aliphatic carbocycles. The van der Waals surface area contributed by atoms with Gasteiger partial charge in [-0.1, -0.05) is 44.9 Å². The van der Waals surface area contributed by atoms with Gasteiger partial charge in [-0.3, -0.25) is 9.59 Å². The van der Waals surface area contributed by atoms with Gasteiger partial charge in [0.25, 0.3) is 11.1 Å². The lowest BCUT2D eigenvalue weighted by Gasteiger charge is -2.37.